The van der Waals surface area contributed by atoms with Crippen LogP contribution in [0.15, 0.2) is 12.2 Å². The number of carbonyl (C=O) groups is 1. The summed E-state index contributed by atoms with van der Waals surface area (Å²) in [6.45, 7) is 5.37. The molecule has 10 heavy (non-hydrogen) atoms. The predicted octanol–water partition coefficient (Wildman–Crippen LogP) is 1.73. The zero-order valence-electron chi connectivity index (χ0n) is 6.19. The van der Waals surface area contributed by atoms with Crippen molar-refractivity contribution in [2.75, 3.05) is 7.11 Å². The van der Waals surface area contributed by atoms with Gasteiger partial charge in [0.05, 0.1) is 12.5 Å². The summed E-state index contributed by atoms with van der Waals surface area (Å²) in [6.07, 6.45) is 0.690. The average molecular weight is 163 g/mol. The number of esters is 1. The smallest absolute Gasteiger partial charge is 0.334 e. The Kier molecular flexibility index (Phi) is 4.12. The normalized spacial score (nSPS) is 12.3. The molecule has 0 saturated heterocycles. The maximum atomic E-state index is 10.7. The van der Waals surface area contributed by atoms with Crippen molar-refractivity contribution in [1.29, 1.82) is 0 Å². The summed E-state index contributed by atoms with van der Waals surface area (Å²) in [6, 6.07) is 0. The quantitative estimate of drug-likeness (QED) is 0.359. The van der Waals surface area contributed by atoms with Gasteiger partial charge in [-0.25, -0.2) is 4.79 Å². The van der Waals surface area contributed by atoms with Crippen LogP contribution in [-0.4, -0.2) is 18.5 Å². The molecule has 2 nitrogen and oxygen atoms in total. The summed E-state index contributed by atoms with van der Waals surface area (Å²) in [7, 11) is 1.31. The molecule has 0 aromatic heterocycles. The van der Waals surface area contributed by atoms with E-state index >= 15 is 0 Å². The molecule has 3 heteroatoms. The van der Waals surface area contributed by atoms with Crippen LogP contribution in [0, 0.1) is 0 Å². The largest absolute Gasteiger partial charge is 0.466 e. The third-order valence-corrected chi connectivity index (χ3v) is 1.76. The lowest BCUT2D eigenvalue weighted by Gasteiger charge is -2.06. The Hall–Kier alpha value is -0.500. The Morgan fingerprint density at radius 1 is 1.80 bits per heavy atom. The number of rotatable bonds is 3. The van der Waals surface area contributed by atoms with Crippen LogP contribution in [0.1, 0.15) is 13.3 Å². The number of hydrogen-bond acceptors (Lipinski definition) is 2. The van der Waals surface area contributed by atoms with Crippen molar-refractivity contribution in [3.8, 4) is 0 Å². The van der Waals surface area contributed by atoms with Crippen LogP contribution in [0.5, 0.6) is 0 Å². The first-order valence-corrected chi connectivity index (χ1v) is 3.48. The molecule has 58 valence electrons. The van der Waals surface area contributed by atoms with Gasteiger partial charge in [-0.1, -0.05) is 13.5 Å². The van der Waals surface area contributed by atoms with Gasteiger partial charge in [0.25, 0.3) is 0 Å². The molecule has 0 saturated carbocycles. The molecule has 0 bridgehead atoms. The van der Waals surface area contributed by atoms with Crippen LogP contribution in [-0.2, 0) is 9.53 Å². The molecular weight excluding hydrogens is 152 g/mol. The van der Waals surface area contributed by atoms with E-state index in [2.05, 4.69) is 11.3 Å². The molecule has 0 aliphatic carbocycles. The van der Waals surface area contributed by atoms with Crippen molar-refractivity contribution in [2.24, 2.45) is 0 Å². The lowest BCUT2D eigenvalue weighted by molar-refractivity contribution is -0.136. The van der Waals surface area contributed by atoms with Crippen molar-refractivity contribution in [2.45, 2.75) is 18.7 Å². The first kappa shape index (κ1) is 9.50. The van der Waals surface area contributed by atoms with Crippen LogP contribution in [0.3, 0.4) is 0 Å². The standard InChI is InChI=1S/C7H11ClO2/c1-4-6(8)5(2)7(9)10-3/h6H,2,4H2,1,3H3. The third-order valence-electron chi connectivity index (χ3n) is 1.18. The fourth-order valence-electron chi connectivity index (χ4n) is 0.505. The van der Waals surface area contributed by atoms with E-state index in [1.165, 1.54) is 7.11 Å². The molecule has 0 radical (unpaired) electrons. The second-order valence-electron chi connectivity index (χ2n) is 1.89. The Bertz CT molecular complexity index is 143. The monoisotopic (exact) mass is 162 g/mol. The minimum atomic E-state index is -0.429. The molecule has 1 atom stereocenters. The summed E-state index contributed by atoms with van der Waals surface area (Å²) < 4.78 is 4.41. The lowest BCUT2D eigenvalue weighted by atomic mass is 10.2. The van der Waals surface area contributed by atoms with Crippen LogP contribution >= 0.6 is 11.6 Å². The fraction of sp³-hybridized carbons (Fsp3) is 0.571. The SMILES string of the molecule is C=C(C(=O)OC)C(Cl)CC. The molecule has 0 aromatic carbocycles. The number of hydrogen-bond donors (Lipinski definition) is 0. The summed E-state index contributed by atoms with van der Waals surface area (Å²) in [4.78, 5) is 10.7. The Labute approximate surface area is 65.8 Å². The van der Waals surface area contributed by atoms with Gasteiger partial charge >= 0.3 is 5.97 Å². The van der Waals surface area contributed by atoms with Crippen LogP contribution in [0.25, 0.3) is 0 Å². The molecule has 0 spiro atoms. The van der Waals surface area contributed by atoms with E-state index in [4.69, 9.17) is 11.6 Å². The van der Waals surface area contributed by atoms with E-state index in [1.807, 2.05) is 6.92 Å². The Morgan fingerprint density at radius 2 is 2.30 bits per heavy atom. The summed E-state index contributed by atoms with van der Waals surface area (Å²) in [5.74, 6) is -0.429. The molecule has 0 aliphatic rings. The molecule has 0 fully saturated rings. The molecule has 0 rings (SSSR count). The maximum absolute atomic E-state index is 10.7. The van der Waals surface area contributed by atoms with Crippen molar-refractivity contribution in [3.63, 3.8) is 0 Å². The van der Waals surface area contributed by atoms with Gasteiger partial charge in [0.15, 0.2) is 0 Å². The average Bonchev–Trinajstić information content (AvgIpc) is 2.00. The van der Waals surface area contributed by atoms with Gasteiger partial charge in [0.1, 0.15) is 0 Å². The molecule has 0 N–H and O–H groups in total. The Balaban J connectivity index is 3.95. The highest BCUT2D eigenvalue weighted by atomic mass is 35.5. The van der Waals surface area contributed by atoms with Crippen molar-refractivity contribution < 1.29 is 9.53 Å². The van der Waals surface area contributed by atoms with Crippen molar-refractivity contribution in [3.05, 3.63) is 12.2 Å². The van der Waals surface area contributed by atoms with E-state index in [0.29, 0.717) is 12.0 Å². The van der Waals surface area contributed by atoms with Gasteiger partial charge < -0.3 is 4.74 Å². The fourth-order valence-corrected chi connectivity index (χ4v) is 0.594. The maximum Gasteiger partial charge on any atom is 0.334 e. The highest BCUT2D eigenvalue weighted by Crippen LogP contribution is 2.12. The van der Waals surface area contributed by atoms with Crippen LogP contribution in [0.2, 0.25) is 0 Å². The zero-order valence-corrected chi connectivity index (χ0v) is 6.94. The zero-order chi connectivity index (χ0) is 8.15. The summed E-state index contributed by atoms with van der Waals surface area (Å²) in [5.41, 5.74) is 0.326. The summed E-state index contributed by atoms with van der Waals surface area (Å²) >= 11 is 5.69. The predicted molar refractivity (Wildman–Crippen MR) is 41.1 cm³/mol. The minimum absolute atomic E-state index is 0.299. The topological polar surface area (TPSA) is 26.3 Å². The highest BCUT2D eigenvalue weighted by molar-refractivity contribution is 6.25. The van der Waals surface area contributed by atoms with E-state index in [1.54, 1.807) is 0 Å². The van der Waals surface area contributed by atoms with Crippen molar-refractivity contribution >= 4 is 17.6 Å². The molecule has 0 amide bonds. The molecule has 1 unspecified atom stereocenters. The van der Waals surface area contributed by atoms with Gasteiger partial charge in [-0.2, -0.15) is 0 Å². The lowest BCUT2D eigenvalue weighted by Crippen LogP contribution is -2.12. The van der Waals surface area contributed by atoms with E-state index in [0.717, 1.165) is 0 Å². The van der Waals surface area contributed by atoms with Gasteiger partial charge in [-0.3, -0.25) is 0 Å². The molecule has 0 heterocycles. The minimum Gasteiger partial charge on any atom is -0.466 e. The molecular formula is C7H11ClO2. The number of ether oxygens (including phenoxy) is 1. The third kappa shape index (κ3) is 2.40. The van der Waals surface area contributed by atoms with Crippen LogP contribution < -0.4 is 0 Å². The molecule has 0 aromatic rings. The number of alkyl halides is 1. The van der Waals surface area contributed by atoms with E-state index in [-0.39, 0.29) is 5.38 Å². The Morgan fingerprint density at radius 3 is 2.60 bits per heavy atom. The van der Waals surface area contributed by atoms with E-state index < -0.39 is 5.97 Å². The summed E-state index contributed by atoms with van der Waals surface area (Å²) in [5, 5.41) is -0.299. The molecule has 0 aliphatic heterocycles. The van der Waals surface area contributed by atoms with Gasteiger partial charge in [-0.05, 0) is 6.42 Å². The second kappa shape index (κ2) is 4.34. The number of halogens is 1. The van der Waals surface area contributed by atoms with E-state index in [9.17, 15) is 4.79 Å². The highest BCUT2D eigenvalue weighted by Gasteiger charge is 2.14. The van der Waals surface area contributed by atoms with Gasteiger partial charge in [0.2, 0.25) is 0 Å². The van der Waals surface area contributed by atoms with Crippen molar-refractivity contribution in [1.82, 2.24) is 0 Å². The number of carbonyl (C=O) groups excluding carboxylic acids is 1. The van der Waals surface area contributed by atoms with Gasteiger partial charge in [-0.15, -0.1) is 11.6 Å². The first-order chi connectivity index (χ1) is 4.63. The van der Waals surface area contributed by atoms with Crippen LogP contribution in [0.4, 0.5) is 0 Å². The first-order valence-electron chi connectivity index (χ1n) is 3.04. The second-order valence-corrected chi connectivity index (χ2v) is 2.42. The number of methoxy groups -OCH3 is 1. The van der Waals surface area contributed by atoms with Gasteiger partial charge in [0, 0.05) is 5.57 Å².